The summed E-state index contributed by atoms with van der Waals surface area (Å²) in [6.07, 6.45) is 3.27. The van der Waals surface area contributed by atoms with Crippen molar-refractivity contribution >= 4 is 5.91 Å². The van der Waals surface area contributed by atoms with E-state index in [2.05, 4.69) is 15.2 Å². The van der Waals surface area contributed by atoms with Crippen LogP contribution in [0.2, 0.25) is 0 Å². The molecule has 24 heavy (non-hydrogen) atoms. The highest BCUT2D eigenvalue weighted by Crippen LogP contribution is 2.25. The third-order valence-corrected chi connectivity index (χ3v) is 4.26. The van der Waals surface area contributed by atoms with Crippen LogP contribution in [0.5, 0.6) is 0 Å². The average molecular weight is 327 g/mol. The minimum Gasteiger partial charge on any atom is -0.469 e. The average Bonchev–Trinajstić information content (AvgIpc) is 3.26. The van der Waals surface area contributed by atoms with Crippen molar-refractivity contribution in [2.75, 3.05) is 6.54 Å². The Balaban J connectivity index is 1.69. The lowest BCUT2D eigenvalue weighted by molar-refractivity contribution is 0.0730. The molecule has 3 aromatic rings. The number of rotatable bonds is 2. The number of carbonyl (C=O) groups excluding carboxylic acids is 1. The second kappa shape index (κ2) is 5.63. The van der Waals surface area contributed by atoms with Crippen LogP contribution in [0.4, 0.5) is 0 Å². The van der Waals surface area contributed by atoms with E-state index in [9.17, 15) is 4.79 Å². The Bertz CT molecular complexity index is 878. The van der Waals surface area contributed by atoms with Gasteiger partial charge in [0.15, 0.2) is 5.82 Å². The maximum absolute atomic E-state index is 12.9. The molecular formula is C16H17N5O3. The first kappa shape index (κ1) is 14.7. The highest BCUT2D eigenvalue weighted by Gasteiger charge is 2.31. The molecule has 0 saturated heterocycles. The molecule has 8 nitrogen and oxygen atoms in total. The van der Waals surface area contributed by atoms with Crippen LogP contribution >= 0.6 is 0 Å². The van der Waals surface area contributed by atoms with Crippen LogP contribution in [0.1, 0.15) is 39.4 Å². The van der Waals surface area contributed by atoms with Gasteiger partial charge in [-0.05, 0) is 26.0 Å². The first-order chi connectivity index (χ1) is 11.6. The summed E-state index contributed by atoms with van der Waals surface area (Å²) in [5.74, 6) is 1.54. The third kappa shape index (κ3) is 2.49. The number of aromatic nitrogens is 4. The molecule has 1 aliphatic heterocycles. The molecule has 4 rings (SSSR count). The molecule has 124 valence electrons. The molecule has 4 heterocycles. The van der Waals surface area contributed by atoms with E-state index in [0.29, 0.717) is 42.7 Å². The number of nitrogens with zero attached hydrogens (tertiary/aromatic N) is 5. The van der Waals surface area contributed by atoms with Gasteiger partial charge in [-0.2, -0.15) is 10.1 Å². The minimum atomic E-state index is -0.108. The van der Waals surface area contributed by atoms with Gasteiger partial charge in [0, 0.05) is 12.7 Å². The summed E-state index contributed by atoms with van der Waals surface area (Å²) in [6, 6.07) is 3.62. The molecule has 0 aromatic carbocycles. The zero-order valence-electron chi connectivity index (χ0n) is 13.5. The number of hydrogen-bond donors (Lipinski definition) is 0. The van der Waals surface area contributed by atoms with Crippen LogP contribution in [-0.4, -0.2) is 37.3 Å². The lowest BCUT2D eigenvalue weighted by Crippen LogP contribution is -2.33. The summed E-state index contributed by atoms with van der Waals surface area (Å²) in [6.45, 7) is 5.12. The van der Waals surface area contributed by atoms with Crippen molar-refractivity contribution < 1.29 is 13.7 Å². The van der Waals surface area contributed by atoms with Gasteiger partial charge in [-0.15, -0.1) is 0 Å². The van der Waals surface area contributed by atoms with Gasteiger partial charge >= 0.3 is 0 Å². The fourth-order valence-corrected chi connectivity index (χ4v) is 3.02. The predicted molar refractivity (Wildman–Crippen MR) is 82.2 cm³/mol. The molecule has 8 heteroatoms. The van der Waals surface area contributed by atoms with Gasteiger partial charge in [0.25, 0.3) is 5.91 Å². The maximum Gasteiger partial charge on any atom is 0.257 e. The van der Waals surface area contributed by atoms with Crippen molar-refractivity contribution in [2.45, 2.75) is 32.9 Å². The molecule has 3 aromatic heterocycles. The monoisotopic (exact) mass is 327 g/mol. The molecule has 0 fully saturated rings. The molecule has 0 saturated carbocycles. The predicted octanol–water partition coefficient (Wildman–Crippen LogP) is 1.92. The molecule has 0 bridgehead atoms. The van der Waals surface area contributed by atoms with Crippen molar-refractivity contribution in [1.29, 1.82) is 0 Å². The van der Waals surface area contributed by atoms with Crippen LogP contribution in [0, 0.1) is 13.8 Å². The summed E-state index contributed by atoms with van der Waals surface area (Å²) in [5, 5.41) is 8.21. The number of hydrogen-bond acceptors (Lipinski definition) is 6. The van der Waals surface area contributed by atoms with Gasteiger partial charge in [0.05, 0.1) is 36.5 Å². The molecule has 0 aliphatic carbocycles. The summed E-state index contributed by atoms with van der Waals surface area (Å²) < 4.78 is 12.5. The lowest BCUT2D eigenvalue weighted by atomic mass is 10.1. The highest BCUT2D eigenvalue weighted by molar-refractivity contribution is 5.95. The van der Waals surface area contributed by atoms with E-state index in [1.165, 1.54) is 6.26 Å². The molecule has 1 aliphatic rings. The second-order valence-electron chi connectivity index (χ2n) is 5.96. The maximum atomic E-state index is 12.9. The zero-order chi connectivity index (χ0) is 16.7. The summed E-state index contributed by atoms with van der Waals surface area (Å²) >= 11 is 0. The Morgan fingerprint density at radius 2 is 2.17 bits per heavy atom. The first-order valence-electron chi connectivity index (χ1n) is 7.76. The van der Waals surface area contributed by atoms with E-state index in [1.807, 2.05) is 10.7 Å². The fraction of sp³-hybridized carbons (Fsp3) is 0.375. The van der Waals surface area contributed by atoms with E-state index in [-0.39, 0.29) is 11.8 Å². The van der Waals surface area contributed by atoms with Gasteiger partial charge in [0.1, 0.15) is 5.76 Å². The summed E-state index contributed by atoms with van der Waals surface area (Å²) in [4.78, 5) is 19.0. The largest absolute Gasteiger partial charge is 0.469 e. The molecule has 0 spiro atoms. The Morgan fingerprint density at radius 3 is 2.88 bits per heavy atom. The van der Waals surface area contributed by atoms with E-state index >= 15 is 0 Å². The Labute approximate surface area is 138 Å². The molecule has 0 N–H and O–H groups in total. The number of aryl methyl sites for hydroxylation is 2. The molecule has 1 atom stereocenters. The molecule has 0 radical (unpaired) electrons. The Kier molecular flexibility index (Phi) is 3.44. The lowest BCUT2D eigenvalue weighted by Gasteiger charge is -2.22. The molecular weight excluding hydrogens is 310 g/mol. The number of carbonyl (C=O) groups is 1. The molecule has 1 amide bonds. The summed E-state index contributed by atoms with van der Waals surface area (Å²) in [5.41, 5.74) is 1.55. The first-order valence-corrected chi connectivity index (χ1v) is 7.76. The fourth-order valence-electron chi connectivity index (χ4n) is 3.02. The normalized spacial score (nSPS) is 17.6. The van der Waals surface area contributed by atoms with Crippen molar-refractivity contribution in [2.24, 2.45) is 0 Å². The zero-order valence-corrected chi connectivity index (χ0v) is 13.5. The number of furan rings is 1. The van der Waals surface area contributed by atoms with Crippen molar-refractivity contribution in [1.82, 2.24) is 24.8 Å². The number of amides is 1. The molecule has 0 unspecified atom stereocenters. The van der Waals surface area contributed by atoms with E-state index in [0.717, 1.165) is 5.69 Å². The van der Waals surface area contributed by atoms with E-state index in [1.54, 1.807) is 31.0 Å². The van der Waals surface area contributed by atoms with Gasteiger partial charge in [-0.25, -0.2) is 0 Å². The van der Waals surface area contributed by atoms with Crippen LogP contribution in [0.3, 0.4) is 0 Å². The second-order valence-corrected chi connectivity index (χ2v) is 5.96. The standard InChI is InChI=1S/C16H17N5O3/c1-10-14(4-6-23-10)16(22)20-7-12(15-18-11(2)19-24-15)8-21-13(9-20)3-5-17-21/h3-6,12H,7-9H2,1-2H3/t12-/m0/s1. The van der Waals surface area contributed by atoms with Crippen molar-refractivity contribution in [3.63, 3.8) is 0 Å². The Hall–Kier alpha value is -2.90. The van der Waals surface area contributed by atoms with Gasteiger partial charge in [-0.1, -0.05) is 5.16 Å². The number of fused-ring (bicyclic) bond motifs is 1. The smallest absolute Gasteiger partial charge is 0.257 e. The van der Waals surface area contributed by atoms with Crippen LogP contribution in [0.25, 0.3) is 0 Å². The van der Waals surface area contributed by atoms with E-state index < -0.39 is 0 Å². The van der Waals surface area contributed by atoms with Crippen LogP contribution < -0.4 is 0 Å². The van der Waals surface area contributed by atoms with Gasteiger partial charge < -0.3 is 13.8 Å². The minimum absolute atomic E-state index is 0.0721. The van der Waals surface area contributed by atoms with E-state index in [4.69, 9.17) is 8.94 Å². The van der Waals surface area contributed by atoms with Crippen molar-refractivity contribution in [3.05, 3.63) is 53.3 Å². The summed E-state index contributed by atoms with van der Waals surface area (Å²) in [7, 11) is 0. The quantitative estimate of drug-likeness (QED) is 0.714. The van der Waals surface area contributed by atoms with Gasteiger partial charge in [-0.3, -0.25) is 9.48 Å². The SMILES string of the molecule is Cc1noc([C@H]2CN(C(=O)c3ccoc3C)Cc3ccnn3C2)n1. The topological polar surface area (TPSA) is 90.2 Å². The van der Waals surface area contributed by atoms with Gasteiger partial charge in [0.2, 0.25) is 5.89 Å². The Morgan fingerprint density at radius 1 is 1.29 bits per heavy atom. The van der Waals surface area contributed by atoms with Crippen molar-refractivity contribution in [3.8, 4) is 0 Å². The highest BCUT2D eigenvalue weighted by atomic mass is 16.5. The van der Waals surface area contributed by atoms with Crippen LogP contribution in [-0.2, 0) is 13.1 Å². The van der Waals surface area contributed by atoms with Crippen LogP contribution in [0.15, 0.2) is 33.5 Å². The third-order valence-electron chi connectivity index (χ3n) is 4.26.